The van der Waals surface area contributed by atoms with Gasteiger partial charge in [-0.15, -0.1) is 0 Å². The van der Waals surface area contributed by atoms with Crippen molar-refractivity contribution in [2.24, 2.45) is 5.92 Å². The van der Waals surface area contributed by atoms with Crippen LogP contribution in [0.5, 0.6) is 0 Å². The highest BCUT2D eigenvalue weighted by atomic mass is 16.6. The number of ether oxygens (including phenoxy) is 1. The van der Waals surface area contributed by atoms with Gasteiger partial charge in [-0.3, -0.25) is 0 Å². The lowest BCUT2D eigenvalue weighted by atomic mass is 9.94. The maximum absolute atomic E-state index is 11.9. The number of piperidine rings is 1. The highest BCUT2D eigenvalue weighted by Gasteiger charge is 2.26. The molecule has 0 aromatic heterocycles. The van der Waals surface area contributed by atoms with Gasteiger partial charge >= 0.3 is 6.09 Å². The molecule has 1 heterocycles. The van der Waals surface area contributed by atoms with Gasteiger partial charge in [0.15, 0.2) is 0 Å². The SMILES string of the molecule is CCCC1CCCN(C(=O)OC(C)(C)C)C1. The zero-order valence-electron chi connectivity index (χ0n) is 11.1. The molecule has 0 bridgehead atoms. The van der Waals surface area contributed by atoms with E-state index in [2.05, 4.69) is 6.92 Å². The quantitative estimate of drug-likeness (QED) is 0.723. The molecule has 1 amide bonds. The van der Waals surface area contributed by atoms with Crippen molar-refractivity contribution in [3.63, 3.8) is 0 Å². The minimum atomic E-state index is -0.380. The topological polar surface area (TPSA) is 29.5 Å². The van der Waals surface area contributed by atoms with Crippen LogP contribution in [-0.4, -0.2) is 29.7 Å². The second-order valence-corrected chi connectivity index (χ2v) is 5.72. The highest BCUT2D eigenvalue weighted by Crippen LogP contribution is 2.22. The number of likely N-dealkylation sites (tertiary alicyclic amines) is 1. The molecular weight excluding hydrogens is 202 g/mol. The van der Waals surface area contributed by atoms with Gasteiger partial charge in [-0.05, 0) is 46.0 Å². The Kier molecular flexibility index (Phi) is 4.63. The summed E-state index contributed by atoms with van der Waals surface area (Å²) in [5, 5.41) is 0. The van der Waals surface area contributed by atoms with E-state index >= 15 is 0 Å². The molecule has 3 heteroatoms. The first kappa shape index (κ1) is 13.3. The van der Waals surface area contributed by atoms with Gasteiger partial charge in [-0.1, -0.05) is 13.3 Å². The molecule has 1 aliphatic heterocycles. The molecule has 94 valence electrons. The van der Waals surface area contributed by atoms with E-state index in [1.165, 1.54) is 19.3 Å². The monoisotopic (exact) mass is 227 g/mol. The summed E-state index contributed by atoms with van der Waals surface area (Å²) in [5.74, 6) is 0.672. The first-order valence-electron chi connectivity index (χ1n) is 6.40. The zero-order valence-corrected chi connectivity index (χ0v) is 11.1. The van der Waals surface area contributed by atoms with Crippen LogP contribution in [0.15, 0.2) is 0 Å². The van der Waals surface area contributed by atoms with Crippen LogP contribution in [0, 0.1) is 5.92 Å². The number of carbonyl (C=O) groups is 1. The summed E-state index contributed by atoms with van der Waals surface area (Å²) in [5.41, 5.74) is -0.380. The van der Waals surface area contributed by atoms with Gasteiger partial charge in [0.25, 0.3) is 0 Å². The van der Waals surface area contributed by atoms with E-state index in [1.807, 2.05) is 25.7 Å². The third kappa shape index (κ3) is 4.42. The molecule has 0 saturated carbocycles. The van der Waals surface area contributed by atoms with Crippen molar-refractivity contribution in [1.29, 1.82) is 0 Å². The van der Waals surface area contributed by atoms with Crippen LogP contribution >= 0.6 is 0 Å². The molecular formula is C13H25NO2. The van der Waals surface area contributed by atoms with E-state index in [1.54, 1.807) is 0 Å². The number of rotatable bonds is 2. The molecule has 0 N–H and O–H groups in total. The van der Waals surface area contributed by atoms with Crippen molar-refractivity contribution >= 4 is 6.09 Å². The summed E-state index contributed by atoms with van der Waals surface area (Å²) in [7, 11) is 0. The molecule has 0 aliphatic carbocycles. The average molecular weight is 227 g/mol. The van der Waals surface area contributed by atoms with Crippen molar-refractivity contribution in [3.8, 4) is 0 Å². The molecule has 3 nitrogen and oxygen atoms in total. The molecule has 0 radical (unpaired) electrons. The van der Waals surface area contributed by atoms with Gasteiger partial charge in [0, 0.05) is 13.1 Å². The lowest BCUT2D eigenvalue weighted by Crippen LogP contribution is -2.42. The fourth-order valence-corrected chi connectivity index (χ4v) is 2.20. The maximum atomic E-state index is 11.9. The minimum absolute atomic E-state index is 0.145. The van der Waals surface area contributed by atoms with E-state index in [4.69, 9.17) is 4.74 Å². The standard InChI is InChI=1S/C13H25NO2/c1-5-7-11-8-6-9-14(10-11)12(15)16-13(2,3)4/h11H,5-10H2,1-4H3. The third-order valence-electron chi connectivity index (χ3n) is 2.87. The Bertz CT molecular complexity index is 231. The van der Waals surface area contributed by atoms with Gasteiger partial charge in [0.2, 0.25) is 0 Å². The molecule has 1 aliphatic rings. The average Bonchev–Trinajstić information content (AvgIpc) is 2.16. The normalized spacial score (nSPS) is 22.0. The van der Waals surface area contributed by atoms with Crippen LogP contribution < -0.4 is 0 Å². The van der Waals surface area contributed by atoms with E-state index in [0.717, 1.165) is 19.5 Å². The summed E-state index contributed by atoms with van der Waals surface area (Å²) in [4.78, 5) is 13.7. The summed E-state index contributed by atoms with van der Waals surface area (Å²) in [6.07, 6.45) is 4.65. The molecule has 0 aromatic carbocycles. The fraction of sp³-hybridized carbons (Fsp3) is 0.923. The number of hydrogen-bond acceptors (Lipinski definition) is 2. The van der Waals surface area contributed by atoms with Crippen LogP contribution in [0.1, 0.15) is 53.4 Å². The Hall–Kier alpha value is -0.730. The summed E-state index contributed by atoms with van der Waals surface area (Å²) < 4.78 is 5.39. The van der Waals surface area contributed by atoms with Crippen molar-refractivity contribution in [2.75, 3.05) is 13.1 Å². The second-order valence-electron chi connectivity index (χ2n) is 5.72. The van der Waals surface area contributed by atoms with E-state index in [-0.39, 0.29) is 11.7 Å². The predicted octanol–water partition coefficient (Wildman–Crippen LogP) is 3.43. The molecule has 1 unspecified atom stereocenters. The van der Waals surface area contributed by atoms with Crippen LogP contribution in [0.2, 0.25) is 0 Å². The third-order valence-corrected chi connectivity index (χ3v) is 2.87. The van der Waals surface area contributed by atoms with Gasteiger partial charge < -0.3 is 9.64 Å². The van der Waals surface area contributed by atoms with Gasteiger partial charge in [0.05, 0.1) is 0 Å². The Balaban J connectivity index is 2.44. The van der Waals surface area contributed by atoms with Gasteiger partial charge in [-0.25, -0.2) is 4.79 Å². The number of hydrogen-bond donors (Lipinski definition) is 0. The number of carbonyl (C=O) groups excluding carboxylic acids is 1. The Morgan fingerprint density at radius 2 is 2.12 bits per heavy atom. The van der Waals surface area contributed by atoms with E-state index in [0.29, 0.717) is 5.92 Å². The number of nitrogens with zero attached hydrogens (tertiary/aromatic N) is 1. The highest BCUT2D eigenvalue weighted by molar-refractivity contribution is 5.68. The summed E-state index contributed by atoms with van der Waals surface area (Å²) >= 11 is 0. The molecule has 0 aromatic rings. The van der Waals surface area contributed by atoms with E-state index in [9.17, 15) is 4.79 Å². The Morgan fingerprint density at radius 1 is 1.44 bits per heavy atom. The van der Waals surface area contributed by atoms with Crippen molar-refractivity contribution < 1.29 is 9.53 Å². The molecule has 0 spiro atoms. The molecule has 1 saturated heterocycles. The van der Waals surface area contributed by atoms with Crippen LogP contribution in [0.25, 0.3) is 0 Å². The van der Waals surface area contributed by atoms with E-state index < -0.39 is 0 Å². The molecule has 1 atom stereocenters. The van der Waals surface area contributed by atoms with Gasteiger partial charge in [0.1, 0.15) is 5.60 Å². The summed E-state index contributed by atoms with van der Waals surface area (Å²) in [6, 6.07) is 0. The Morgan fingerprint density at radius 3 is 2.69 bits per heavy atom. The first-order chi connectivity index (χ1) is 7.42. The smallest absolute Gasteiger partial charge is 0.410 e. The maximum Gasteiger partial charge on any atom is 0.410 e. The molecule has 1 fully saturated rings. The lowest BCUT2D eigenvalue weighted by Gasteiger charge is -2.34. The largest absolute Gasteiger partial charge is 0.444 e. The van der Waals surface area contributed by atoms with Crippen LogP contribution in [0.3, 0.4) is 0 Å². The first-order valence-corrected chi connectivity index (χ1v) is 6.40. The minimum Gasteiger partial charge on any atom is -0.444 e. The van der Waals surface area contributed by atoms with Gasteiger partial charge in [-0.2, -0.15) is 0 Å². The number of amides is 1. The van der Waals surface area contributed by atoms with Crippen molar-refractivity contribution in [3.05, 3.63) is 0 Å². The Labute approximate surface area is 99.1 Å². The molecule has 1 rings (SSSR count). The lowest BCUT2D eigenvalue weighted by molar-refractivity contribution is 0.0161. The summed E-state index contributed by atoms with van der Waals surface area (Å²) in [6.45, 7) is 9.68. The molecule has 16 heavy (non-hydrogen) atoms. The van der Waals surface area contributed by atoms with Crippen LogP contribution in [0.4, 0.5) is 4.79 Å². The van der Waals surface area contributed by atoms with Crippen molar-refractivity contribution in [1.82, 2.24) is 4.90 Å². The second kappa shape index (κ2) is 5.55. The fourth-order valence-electron chi connectivity index (χ4n) is 2.20. The van der Waals surface area contributed by atoms with Crippen molar-refractivity contribution in [2.45, 2.75) is 59.0 Å². The van der Waals surface area contributed by atoms with Crippen LogP contribution in [-0.2, 0) is 4.74 Å². The zero-order chi connectivity index (χ0) is 12.2. The predicted molar refractivity (Wildman–Crippen MR) is 65.4 cm³/mol.